The maximum Gasteiger partial charge on any atom is 0.183 e. The highest BCUT2D eigenvalue weighted by Crippen LogP contribution is 2.27. The molecule has 0 unspecified atom stereocenters. The Balaban J connectivity index is 1.84. The fraction of sp³-hybridized carbons (Fsp3) is 0.421. The van der Waals surface area contributed by atoms with Crippen LogP contribution in [0.2, 0.25) is 0 Å². The zero-order valence-corrected chi connectivity index (χ0v) is 17.0. The van der Waals surface area contributed by atoms with Gasteiger partial charge in [-0.2, -0.15) is 0 Å². The van der Waals surface area contributed by atoms with Gasteiger partial charge in [0, 0.05) is 25.0 Å². The van der Waals surface area contributed by atoms with Gasteiger partial charge in [0.05, 0.1) is 21.7 Å². The number of sulfone groups is 2. The minimum absolute atomic E-state index is 0.171. The van der Waals surface area contributed by atoms with Crippen LogP contribution in [0.3, 0.4) is 0 Å². The second-order valence-electron chi connectivity index (χ2n) is 7.23. The zero-order valence-electron chi connectivity index (χ0n) is 15.4. The number of rotatable bonds is 6. The van der Waals surface area contributed by atoms with Crippen LogP contribution in [0.15, 0.2) is 53.7 Å². The van der Waals surface area contributed by atoms with Crippen molar-refractivity contribution in [2.24, 2.45) is 0 Å². The zero-order chi connectivity index (χ0) is 19.7. The van der Waals surface area contributed by atoms with Crippen molar-refractivity contribution in [1.29, 1.82) is 0 Å². The Labute approximate surface area is 160 Å². The molecule has 1 saturated heterocycles. The quantitative estimate of drug-likeness (QED) is 0.785. The van der Waals surface area contributed by atoms with Gasteiger partial charge in [0.25, 0.3) is 0 Å². The van der Waals surface area contributed by atoms with Crippen LogP contribution >= 0.6 is 0 Å². The van der Waals surface area contributed by atoms with Crippen LogP contribution in [0.25, 0.3) is 0 Å². The summed E-state index contributed by atoms with van der Waals surface area (Å²) in [6.45, 7) is 4.46. The van der Waals surface area contributed by atoms with Crippen molar-refractivity contribution in [1.82, 2.24) is 10.3 Å². The van der Waals surface area contributed by atoms with Gasteiger partial charge in [-0.05, 0) is 41.3 Å². The molecule has 3 rings (SSSR count). The third-order valence-corrected chi connectivity index (χ3v) is 9.06. The van der Waals surface area contributed by atoms with Crippen LogP contribution in [0.4, 0.5) is 0 Å². The summed E-state index contributed by atoms with van der Waals surface area (Å²) < 4.78 is 50.6. The highest BCUT2D eigenvalue weighted by molar-refractivity contribution is 7.96. The van der Waals surface area contributed by atoms with E-state index in [1.54, 1.807) is 36.7 Å². The summed E-state index contributed by atoms with van der Waals surface area (Å²) >= 11 is 0. The average molecular weight is 409 g/mol. The summed E-state index contributed by atoms with van der Waals surface area (Å²) in [5, 5.41) is 2.13. The van der Waals surface area contributed by atoms with Gasteiger partial charge in [0.1, 0.15) is 0 Å². The van der Waals surface area contributed by atoms with Gasteiger partial charge in [-0.15, -0.1) is 0 Å². The van der Waals surface area contributed by atoms with E-state index in [1.165, 1.54) is 0 Å². The lowest BCUT2D eigenvalue weighted by Gasteiger charge is -2.20. The van der Waals surface area contributed by atoms with Crippen LogP contribution < -0.4 is 5.32 Å². The third-order valence-electron chi connectivity index (χ3n) is 4.89. The lowest BCUT2D eigenvalue weighted by Crippen LogP contribution is -2.43. The third kappa shape index (κ3) is 4.56. The molecule has 2 atom stereocenters. The fourth-order valence-electron chi connectivity index (χ4n) is 3.28. The molecule has 1 aromatic carbocycles. The van der Waals surface area contributed by atoms with Crippen LogP contribution in [-0.2, 0) is 26.2 Å². The van der Waals surface area contributed by atoms with E-state index >= 15 is 0 Å². The maximum absolute atomic E-state index is 13.1. The summed E-state index contributed by atoms with van der Waals surface area (Å²) in [6, 6.07) is 9.72. The molecule has 0 saturated carbocycles. The monoisotopic (exact) mass is 408 g/mol. The smallest absolute Gasteiger partial charge is 0.183 e. The first-order chi connectivity index (χ1) is 12.7. The Morgan fingerprint density at radius 2 is 1.70 bits per heavy atom. The van der Waals surface area contributed by atoms with Crippen molar-refractivity contribution in [3.05, 3.63) is 59.9 Å². The summed E-state index contributed by atoms with van der Waals surface area (Å²) in [4.78, 5) is 4.11. The molecule has 1 aliphatic rings. The lowest BCUT2D eigenvalue weighted by molar-refractivity contribution is 0.526. The van der Waals surface area contributed by atoms with Gasteiger partial charge in [-0.25, -0.2) is 16.8 Å². The van der Waals surface area contributed by atoms with Crippen molar-refractivity contribution < 1.29 is 16.8 Å². The fourth-order valence-corrected chi connectivity index (χ4v) is 8.00. The summed E-state index contributed by atoms with van der Waals surface area (Å²) in [5.74, 6) is -0.232. The van der Waals surface area contributed by atoms with E-state index < -0.39 is 31.0 Å². The molecule has 146 valence electrons. The molecule has 0 amide bonds. The van der Waals surface area contributed by atoms with E-state index in [1.807, 2.05) is 26.0 Å². The van der Waals surface area contributed by atoms with Crippen LogP contribution in [-0.4, -0.2) is 44.6 Å². The van der Waals surface area contributed by atoms with Crippen LogP contribution in [0, 0.1) is 0 Å². The highest BCUT2D eigenvalue weighted by atomic mass is 32.2. The molecule has 1 fully saturated rings. The van der Waals surface area contributed by atoms with Crippen molar-refractivity contribution in [2.75, 3.05) is 11.5 Å². The predicted octanol–water partition coefficient (Wildman–Crippen LogP) is 1.93. The Kier molecular flexibility index (Phi) is 5.69. The second kappa shape index (κ2) is 7.69. The van der Waals surface area contributed by atoms with Gasteiger partial charge in [-0.3, -0.25) is 4.98 Å². The minimum Gasteiger partial charge on any atom is -0.308 e. The first-order valence-electron chi connectivity index (χ1n) is 8.85. The van der Waals surface area contributed by atoms with Crippen LogP contribution in [0.1, 0.15) is 30.9 Å². The largest absolute Gasteiger partial charge is 0.308 e. The number of nitrogens with one attached hydrogen (secondary N) is 1. The molecule has 6 nitrogen and oxygen atoms in total. The molecule has 2 aromatic rings. The van der Waals surface area contributed by atoms with Gasteiger partial charge >= 0.3 is 0 Å². The number of pyridine rings is 1. The number of hydrogen-bond acceptors (Lipinski definition) is 6. The van der Waals surface area contributed by atoms with Gasteiger partial charge in [-0.1, -0.05) is 26.0 Å². The van der Waals surface area contributed by atoms with E-state index in [-0.39, 0.29) is 16.4 Å². The molecular weight excluding hydrogens is 384 g/mol. The molecule has 27 heavy (non-hydrogen) atoms. The predicted molar refractivity (Wildman–Crippen MR) is 105 cm³/mol. The number of aromatic nitrogens is 1. The topological polar surface area (TPSA) is 93.2 Å². The van der Waals surface area contributed by atoms with E-state index in [0.717, 1.165) is 11.1 Å². The molecule has 2 heterocycles. The molecule has 1 aromatic heterocycles. The Hall–Kier alpha value is -1.77. The van der Waals surface area contributed by atoms with E-state index in [9.17, 15) is 16.8 Å². The summed E-state index contributed by atoms with van der Waals surface area (Å²) in [7, 11) is -7.18. The number of nitrogens with zero attached hydrogens (tertiary/aromatic N) is 1. The Morgan fingerprint density at radius 3 is 2.30 bits per heavy atom. The SMILES string of the molecule is CC(C)c1ccc(S(=O)(=O)[C@H]2CS(=O)(=O)C[C@@H]2NCc2ccncc2)cc1. The van der Waals surface area contributed by atoms with E-state index in [0.29, 0.717) is 12.5 Å². The second-order valence-corrected chi connectivity index (χ2v) is 11.5. The summed E-state index contributed by atoms with van der Waals surface area (Å²) in [6.07, 6.45) is 3.29. The molecule has 8 heteroatoms. The Bertz CT molecular complexity index is 986. The highest BCUT2D eigenvalue weighted by Gasteiger charge is 2.45. The molecule has 0 radical (unpaired) electrons. The number of hydrogen-bond donors (Lipinski definition) is 1. The van der Waals surface area contributed by atoms with Gasteiger partial charge in [0.15, 0.2) is 19.7 Å². The number of benzene rings is 1. The Morgan fingerprint density at radius 1 is 1.07 bits per heavy atom. The van der Waals surface area contributed by atoms with E-state index in [4.69, 9.17) is 0 Å². The van der Waals surface area contributed by atoms with Gasteiger partial charge in [0.2, 0.25) is 0 Å². The van der Waals surface area contributed by atoms with Crippen molar-refractivity contribution in [3.63, 3.8) is 0 Å². The van der Waals surface area contributed by atoms with Crippen molar-refractivity contribution >= 4 is 19.7 Å². The van der Waals surface area contributed by atoms with Crippen molar-refractivity contribution in [2.45, 2.75) is 42.5 Å². The molecule has 0 aliphatic carbocycles. The molecule has 0 spiro atoms. The average Bonchev–Trinajstić information content (AvgIpc) is 2.96. The minimum atomic E-state index is -3.76. The molecule has 1 N–H and O–H groups in total. The molecule has 0 bridgehead atoms. The standard InChI is InChI=1S/C19H24N2O4S2/c1-14(2)16-3-5-17(6-4-16)27(24,25)19-13-26(22,23)12-18(19)21-11-15-7-9-20-10-8-15/h3-10,14,18-19,21H,11-13H2,1-2H3/t18-,19-/m0/s1. The molecule has 1 aliphatic heterocycles. The van der Waals surface area contributed by atoms with Crippen molar-refractivity contribution in [3.8, 4) is 0 Å². The lowest BCUT2D eigenvalue weighted by atomic mass is 10.0. The first kappa shape index (κ1) is 20.0. The maximum atomic E-state index is 13.1. The normalized spacial score (nSPS) is 22.2. The van der Waals surface area contributed by atoms with Gasteiger partial charge < -0.3 is 5.32 Å². The van der Waals surface area contributed by atoms with Crippen LogP contribution in [0.5, 0.6) is 0 Å². The van der Waals surface area contributed by atoms with E-state index in [2.05, 4.69) is 10.3 Å². The summed E-state index contributed by atoms with van der Waals surface area (Å²) in [5.41, 5.74) is 1.96. The first-order valence-corrected chi connectivity index (χ1v) is 12.2. The molecular formula is C19H24N2O4S2.